The Morgan fingerprint density at radius 1 is 1.18 bits per heavy atom. The lowest BCUT2D eigenvalue weighted by atomic mass is 10.1. The number of hydrogen-bond donors (Lipinski definition) is 1. The third-order valence-electron chi connectivity index (χ3n) is 3.86. The summed E-state index contributed by atoms with van der Waals surface area (Å²) in [6.45, 7) is 3.22. The zero-order valence-electron chi connectivity index (χ0n) is 12.3. The van der Waals surface area contributed by atoms with Gasteiger partial charge in [0.1, 0.15) is 17.3 Å². The summed E-state index contributed by atoms with van der Waals surface area (Å²) in [6.07, 6.45) is 0.960. The smallest absolute Gasteiger partial charge is 0.223 e. The first-order valence-electron chi connectivity index (χ1n) is 7.56. The van der Waals surface area contributed by atoms with E-state index in [9.17, 15) is 9.18 Å². The van der Waals surface area contributed by atoms with Crippen molar-refractivity contribution in [3.63, 3.8) is 0 Å². The fraction of sp³-hybridized carbons (Fsp3) is 0.353. The number of amides is 1. The van der Waals surface area contributed by atoms with Crippen LogP contribution in [0.4, 0.5) is 4.39 Å². The predicted molar refractivity (Wildman–Crippen MR) is 81.9 cm³/mol. The van der Waals surface area contributed by atoms with Crippen molar-refractivity contribution in [2.75, 3.05) is 26.2 Å². The van der Waals surface area contributed by atoms with E-state index in [2.05, 4.69) is 5.32 Å². The molecule has 1 aromatic carbocycles. The number of furan rings is 1. The van der Waals surface area contributed by atoms with Gasteiger partial charge in [-0.1, -0.05) is 12.1 Å². The molecular weight excluding hydrogens is 283 g/mol. The highest BCUT2D eigenvalue weighted by Crippen LogP contribution is 2.25. The van der Waals surface area contributed by atoms with Crippen LogP contribution in [0.3, 0.4) is 0 Å². The lowest BCUT2D eigenvalue weighted by Crippen LogP contribution is -2.46. The largest absolute Gasteiger partial charge is 0.461 e. The van der Waals surface area contributed by atoms with Gasteiger partial charge in [-0.2, -0.15) is 0 Å². The molecule has 0 radical (unpaired) electrons. The summed E-state index contributed by atoms with van der Waals surface area (Å²) in [5.74, 6) is 1.05. The van der Waals surface area contributed by atoms with Gasteiger partial charge in [-0.25, -0.2) is 4.39 Å². The fourth-order valence-corrected chi connectivity index (χ4v) is 2.62. The summed E-state index contributed by atoms with van der Waals surface area (Å²) < 4.78 is 19.4. The van der Waals surface area contributed by atoms with E-state index in [1.165, 1.54) is 6.07 Å². The average Bonchev–Trinajstić information content (AvgIpc) is 3.02. The topological polar surface area (TPSA) is 45.5 Å². The number of aryl methyl sites for hydroxylation is 1. The summed E-state index contributed by atoms with van der Waals surface area (Å²) in [5.41, 5.74) is 0.446. The van der Waals surface area contributed by atoms with E-state index < -0.39 is 0 Å². The van der Waals surface area contributed by atoms with Gasteiger partial charge < -0.3 is 14.6 Å². The van der Waals surface area contributed by atoms with E-state index >= 15 is 0 Å². The molecule has 22 heavy (non-hydrogen) atoms. The Balaban J connectivity index is 1.60. The third-order valence-corrected chi connectivity index (χ3v) is 3.86. The number of benzene rings is 1. The molecule has 5 heteroatoms. The van der Waals surface area contributed by atoms with E-state index in [-0.39, 0.29) is 11.7 Å². The number of halogens is 1. The predicted octanol–water partition coefficient (Wildman–Crippen LogP) is 2.45. The summed E-state index contributed by atoms with van der Waals surface area (Å²) in [6, 6.07) is 10.1. The molecule has 0 bridgehead atoms. The maximum atomic E-state index is 13.7. The highest BCUT2D eigenvalue weighted by molar-refractivity contribution is 5.76. The van der Waals surface area contributed by atoms with Crippen molar-refractivity contribution >= 4 is 5.91 Å². The quantitative estimate of drug-likeness (QED) is 0.943. The lowest BCUT2D eigenvalue weighted by Gasteiger charge is -2.27. The van der Waals surface area contributed by atoms with Gasteiger partial charge in [0.2, 0.25) is 5.91 Å². The van der Waals surface area contributed by atoms with E-state index in [0.29, 0.717) is 29.9 Å². The summed E-state index contributed by atoms with van der Waals surface area (Å²) in [4.78, 5) is 14.0. The second kappa shape index (κ2) is 6.75. The first kappa shape index (κ1) is 14.8. The summed E-state index contributed by atoms with van der Waals surface area (Å²) in [7, 11) is 0. The van der Waals surface area contributed by atoms with Crippen LogP contribution in [0.5, 0.6) is 0 Å². The van der Waals surface area contributed by atoms with Gasteiger partial charge in [0, 0.05) is 39.0 Å². The highest BCUT2D eigenvalue weighted by atomic mass is 19.1. The molecule has 4 nitrogen and oxygen atoms in total. The minimum atomic E-state index is -0.305. The lowest BCUT2D eigenvalue weighted by molar-refractivity contribution is -0.131. The molecule has 1 aliphatic rings. The van der Waals surface area contributed by atoms with Crippen molar-refractivity contribution in [3.8, 4) is 11.3 Å². The van der Waals surface area contributed by atoms with Crippen molar-refractivity contribution < 1.29 is 13.6 Å². The van der Waals surface area contributed by atoms with E-state index in [0.717, 1.165) is 26.2 Å². The van der Waals surface area contributed by atoms with Crippen LogP contribution in [0.15, 0.2) is 40.8 Å². The van der Waals surface area contributed by atoms with Crippen LogP contribution in [-0.2, 0) is 11.2 Å². The molecule has 0 unspecified atom stereocenters. The minimum Gasteiger partial charge on any atom is -0.461 e. The fourth-order valence-electron chi connectivity index (χ4n) is 2.62. The van der Waals surface area contributed by atoms with Gasteiger partial charge in [-0.15, -0.1) is 0 Å². The van der Waals surface area contributed by atoms with E-state index in [1.807, 2.05) is 11.0 Å². The molecule has 1 aromatic heterocycles. The number of nitrogens with zero attached hydrogens (tertiary/aromatic N) is 1. The molecule has 1 fully saturated rings. The third kappa shape index (κ3) is 3.36. The first-order valence-corrected chi connectivity index (χ1v) is 7.56. The maximum Gasteiger partial charge on any atom is 0.223 e. The average molecular weight is 302 g/mol. The van der Waals surface area contributed by atoms with E-state index in [4.69, 9.17) is 4.42 Å². The zero-order valence-corrected chi connectivity index (χ0v) is 12.3. The van der Waals surface area contributed by atoms with Crippen LogP contribution in [0.2, 0.25) is 0 Å². The maximum absolute atomic E-state index is 13.7. The second-order valence-corrected chi connectivity index (χ2v) is 5.38. The van der Waals surface area contributed by atoms with Gasteiger partial charge in [0.05, 0.1) is 5.56 Å². The van der Waals surface area contributed by atoms with Crippen molar-refractivity contribution in [2.24, 2.45) is 0 Å². The molecule has 0 spiro atoms. The SMILES string of the molecule is O=C(CCc1ccc(-c2ccccc2F)o1)N1CCNCC1. The molecule has 1 saturated heterocycles. The molecule has 0 atom stereocenters. The molecule has 3 rings (SSSR count). The number of carbonyl (C=O) groups excluding carboxylic acids is 1. The van der Waals surface area contributed by atoms with Crippen molar-refractivity contribution in [3.05, 3.63) is 48.0 Å². The zero-order chi connectivity index (χ0) is 15.4. The Morgan fingerprint density at radius 2 is 1.95 bits per heavy atom. The summed E-state index contributed by atoms with van der Waals surface area (Å²) >= 11 is 0. The Kier molecular flexibility index (Phi) is 4.53. The highest BCUT2D eigenvalue weighted by Gasteiger charge is 2.16. The van der Waals surface area contributed by atoms with Gasteiger partial charge >= 0.3 is 0 Å². The molecule has 0 aliphatic carbocycles. The Morgan fingerprint density at radius 3 is 2.73 bits per heavy atom. The van der Waals surface area contributed by atoms with Gasteiger partial charge in [-0.3, -0.25) is 4.79 Å². The molecule has 0 saturated carbocycles. The molecule has 1 N–H and O–H groups in total. The van der Waals surface area contributed by atoms with Crippen LogP contribution in [0.1, 0.15) is 12.2 Å². The minimum absolute atomic E-state index is 0.144. The van der Waals surface area contributed by atoms with Crippen LogP contribution >= 0.6 is 0 Å². The van der Waals surface area contributed by atoms with Gasteiger partial charge in [0.15, 0.2) is 0 Å². The molecule has 2 aromatic rings. The molecular formula is C17H19FN2O2. The van der Waals surface area contributed by atoms with Crippen LogP contribution < -0.4 is 5.32 Å². The molecule has 1 amide bonds. The number of nitrogens with one attached hydrogen (secondary N) is 1. The number of piperazine rings is 1. The monoisotopic (exact) mass is 302 g/mol. The second-order valence-electron chi connectivity index (χ2n) is 5.38. The van der Waals surface area contributed by atoms with Gasteiger partial charge in [-0.05, 0) is 24.3 Å². The Hall–Kier alpha value is -2.14. The van der Waals surface area contributed by atoms with Gasteiger partial charge in [0.25, 0.3) is 0 Å². The van der Waals surface area contributed by atoms with Crippen molar-refractivity contribution in [1.82, 2.24) is 10.2 Å². The normalized spacial score (nSPS) is 15.0. The van der Waals surface area contributed by atoms with Crippen LogP contribution in [0.25, 0.3) is 11.3 Å². The van der Waals surface area contributed by atoms with E-state index in [1.54, 1.807) is 24.3 Å². The van der Waals surface area contributed by atoms with Crippen molar-refractivity contribution in [2.45, 2.75) is 12.8 Å². The molecule has 116 valence electrons. The number of hydrogen-bond acceptors (Lipinski definition) is 3. The standard InChI is InChI=1S/C17H19FN2O2/c18-15-4-2-1-3-14(15)16-7-5-13(22-16)6-8-17(21)20-11-9-19-10-12-20/h1-5,7,19H,6,8-12H2. The molecule has 1 aliphatic heterocycles. The van der Waals surface area contributed by atoms with Crippen LogP contribution in [0, 0.1) is 5.82 Å². The van der Waals surface area contributed by atoms with Crippen molar-refractivity contribution in [1.29, 1.82) is 0 Å². The van der Waals surface area contributed by atoms with Crippen LogP contribution in [-0.4, -0.2) is 37.0 Å². The number of rotatable bonds is 4. The first-order chi connectivity index (χ1) is 10.7. The summed E-state index contributed by atoms with van der Waals surface area (Å²) in [5, 5.41) is 3.22. The number of carbonyl (C=O) groups is 1. The Bertz CT molecular complexity index is 648. The molecule has 2 heterocycles. The Labute approximate surface area is 128 Å².